The van der Waals surface area contributed by atoms with Gasteiger partial charge in [-0.2, -0.15) is 0 Å². The maximum atomic E-state index is 13.1. The van der Waals surface area contributed by atoms with E-state index in [1.165, 1.54) is 5.56 Å². The van der Waals surface area contributed by atoms with E-state index in [2.05, 4.69) is 13.0 Å². The third kappa shape index (κ3) is 2.39. The second-order valence-electron chi connectivity index (χ2n) is 6.56. The molecule has 0 N–H and O–H groups in total. The lowest BCUT2D eigenvalue weighted by atomic mass is 10.1. The van der Waals surface area contributed by atoms with Gasteiger partial charge in [0.05, 0.1) is 0 Å². The topological polar surface area (TPSA) is 40.6 Å². The van der Waals surface area contributed by atoms with Crippen LogP contribution in [0.1, 0.15) is 35.7 Å². The highest BCUT2D eigenvalue weighted by molar-refractivity contribution is 6.08. The molecule has 122 valence electrons. The average Bonchev–Trinajstić information content (AvgIpc) is 3.16. The number of nitrogens with zero attached hydrogens (tertiary/aromatic N) is 2. The van der Waals surface area contributed by atoms with Gasteiger partial charge in [-0.1, -0.05) is 24.3 Å². The molecule has 24 heavy (non-hydrogen) atoms. The molecule has 4 heteroatoms. The van der Waals surface area contributed by atoms with Gasteiger partial charge in [-0.3, -0.25) is 9.59 Å². The van der Waals surface area contributed by atoms with Gasteiger partial charge in [0.15, 0.2) is 0 Å². The summed E-state index contributed by atoms with van der Waals surface area (Å²) in [7, 11) is 0. The summed E-state index contributed by atoms with van der Waals surface area (Å²) in [4.78, 5) is 28.7. The van der Waals surface area contributed by atoms with Gasteiger partial charge in [0.1, 0.15) is 0 Å². The lowest BCUT2D eigenvalue weighted by Gasteiger charge is -2.24. The smallest absolute Gasteiger partial charge is 0.258 e. The van der Waals surface area contributed by atoms with Crippen molar-refractivity contribution in [2.24, 2.45) is 0 Å². The third-order valence-corrected chi connectivity index (χ3v) is 4.90. The molecule has 0 aromatic heterocycles. The number of hydrogen-bond acceptors (Lipinski definition) is 2. The van der Waals surface area contributed by atoms with Crippen LogP contribution in [0.3, 0.4) is 0 Å². The van der Waals surface area contributed by atoms with E-state index in [0.29, 0.717) is 12.0 Å². The maximum Gasteiger partial charge on any atom is 0.258 e. The van der Waals surface area contributed by atoms with Crippen molar-refractivity contribution >= 4 is 23.2 Å². The van der Waals surface area contributed by atoms with Gasteiger partial charge in [-0.05, 0) is 49.6 Å². The first-order valence-corrected chi connectivity index (χ1v) is 8.47. The van der Waals surface area contributed by atoms with Gasteiger partial charge in [0.2, 0.25) is 5.91 Å². The molecule has 0 aliphatic carbocycles. The van der Waals surface area contributed by atoms with Crippen LogP contribution >= 0.6 is 0 Å². The SMILES string of the molecule is CC1Cc2ccccc2N1C(=O)c1cccc(N2CCCC2=O)c1. The quantitative estimate of drug-likeness (QED) is 0.851. The molecule has 2 aromatic rings. The predicted molar refractivity (Wildman–Crippen MR) is 94.4 cm³/mol. The summed E-state index contributed by atoms with van der Waals surface area (Å²) in [6.45, 7) is 2.81. The molecule has 2 aliphatic rings. The van der Waals surface area contributed by atoms with E-state index in [0.717, 1.165) is 30.8 Å². The number of fused-ring (bicyclic) bond motifs is 1. The fourth-order valence-corrected chi connectivity index (χ4v) is 3.74. The molecule has 0 spiro atoms. The molecule has 1 atom stereocenters. The normalized spacial score (nSPS) is 19.7. The summed E-state index contributed by atoms with van der Waals surface area (Å²) in [5.41, 5.74) is 3.67. The van der Waals surface area contributed by atoms with E-state index in [9.17, 15) is 9.59 Å². The number of rotatable bonds is 2. The summed E-state index contributed by atoms with van der Waals surface area (Å²) in [6, 6.07) is 15.7. The lowest BCUT2D eigenvalue weighted by Crippen LogP contribution is -2.35. The molecule has 4 rings (SSSR count). The number of para-hydroxylation sites is 1. The van der Waals surface area contributed by atoms with Gasteiger partial charge in [0.25, 0.3) is 5.91 Å². The number of carbonyl (C=O) groups excluding carboxylic acids is 2. The molecule has 1 unspecified atom stereocenters. The van der Waals surface area contributed by atoms with Crippen molar-refractivity contribution in [3.05, 3.63) is 59.7 Å². The zero-order valence-electron chi connectivity index (χ0n) is 13.7. The average molecular weight is 320 g/mol. The highest BCUT2D eigenvalue weighted by atomic mass is 16.2. The zero-order valence-corrected chi connectivity index (χ0v) is 13.7. The van der Waals surface area contributed by atoms with Crippen LogP contribution in [0.15, 0.2) is 48.5 Å². The molecule has 1 saturated heterocycles. The van der Waals surface area contributed by atoms with Crippen molar-refractivity contribution in [3.63, 3.8) is 0 Å². The van der Waals surface area contributed by atoms with E-state index in [1.54, 1.807) is 4.90 Å². The number of amides is 2. The highest BCUT2D eigenvalue weighted by Crippen LogP contribution is 2.33. The minimum atomic E-state index is 0.000876. The Morgan fingerprint density at radius 1 is 1.12 bits per heavy atom. The molecule has 1 fully saturated rings. The molecular formula is C20H20N2O2. The Kier molecular flexibility index (Phi) is 3.60. The monoisotopic (exact) mass is 320 g/mol. The Bertz CT molecular complexity index is 815. The third-order valence-electron chi connectivity index (χ3n) is 4.90. The maximum absolute atomic E-state index is 13.1. The summed E-state index contributed by atoms with van der Waals surface area (Å²) in [5.74, 6) is 0.139. The fraction of sp³-hybridized carbons (Fsp3) is 0.300. The van der Waals surface area contributed by atoms with Crippen molar-refractivity contribution in [1.29, 1.82) is 0 Å². The van der Waals surface area contributed by atoms with Gasteiger partial charge < -0.3 is 9.80 Å². The molecule has 0 radical (unpaired) electrons. The first kappa shape index (κ1) is 14.9. The van der Waals surface area contributed by atoms with Gasteiger partial charge >= 0.3 is 0 Å². The molecular weight excluding hydrogens is 300 g/mol. The van der Waals surface area contributed by atoms with E-state index in [-0.39, 0.29) is 17.9 Å². The van der Waals surface area contributed by atoms with E-state index >= 15 is 0 Å². The number of benzene rings is 2. The minimum absolute atomic E-state index is 0.000876. The first-order valence-electron chi connectivity index (χ1n) is 8.47. The van der Waals surface area contributed by atoms with Crippen molar-refractivity contribution in [2.75, 3.05) is 16.3 Å². The van der Waals surface area contributed by atoms with E-state index < -0.39 is 0 Å². The summed E-state index contributed by atoms with van der Waals surface area (Å²) in [5, 5.41) is 0. The molecule has 0 bridgehead atoms. The van der Waals surface area contributed by atoms with E-state index in [4.69, 9.17) is 0 Å². The molecule has 4 nitrogen and oxygen atoms in total. The molecule has 2 amide bonds. The standard InChI is InChI=1S/C20H20N2O2/c1-14-12-15-6-2-3-9-18(15)22(14)20(24)16-7-4-8-17(13-16)21-11-5-10-19(21)23/h2-4,6-9,13-14H,5,10-12H2,1H3. The minimum Gasteiger partial charge on any atom is -0.312 e. The Labute approximate surface area is 141 Å². The molecule has 2 aromatic carbocycles. The van der Waals surface area contributed by atoms with Crippen LogP contribution < -0.4 is 9.80 Å². The number of anilines is 2. The second kappa shape index (κ2) is 5.78. The number of hydrogen-bond donors (Lipinski definition) is 0. The zero-order chi connectivity index (χ0) is 16.7. The summed E-state index contributed by atoms with van der Waals surface area (Å²) < 4.78 is 0. The van der Waals surface area contributed by atoms with Gasteiger partial charge in [-0.15, -0.1) is 0 Å². The largest absolute Gasteiger partial charge is 0.312 e. The predicted octanol–water partition coefficient (Wildman–Crippen LogP) is 3.40. The van der Waals surface area contributed by atoms with E-state index in [1.807, 2.05) is 47.4 Å². The molecule has 0 saturated carbocycles. The summed E-state index contributed by atoms with van der Waals surface area (Å²) >= 11 is 0. The van der Waals surface area contributed by atoms with Crippen LogP contribution in [0.4, 0.5) is 11.4 Å². The van der Waals surface area contributed by atoms with Crippen LogP contribution in [0.25, 0.3) is 0 Å². The summed E-state index contributed by atoms with van der Waals surface area (Å²) in [6.07, 6.45) is 2.36. The van der Waals surface area contributed by atoms with Gasteiger partial charge in [-0.25, -0.2) is 0 Å². The first-order chi connectivity index (χ1) is 11.6. The van der Waals surface area contributed by atoms with Gasteiger partial charge in [0, 0.05) is 35.9 Å². The van der Waals surface area contributed by atoms with Crippen LogP contribution in [-0.4, -0.2) is 24.4 Å². The highest BCUT2D eigenvalue weighted by Gasteiger charge is 2.31. The molecule has 2 aliphatic heterocycles. The number of carbonyl (C=O) groups is 2. The molecule has 2 heterocycles. The Balaban J connectivity index is 1.67. The Morgan fingerprint density at radius 3 is 2.75 bits per heavy atom. The van der Waals surface area contributed by atoms with Crippen LogP contribution in [0.2, 0.25) is 0 Å². The Hall–Kier alpha value is -2.62. The Morgan fingerprint density at radius 2 is 1.96 bits per heavy atom. The fourth-order valence-electron chi connectivity index (χ4n) is 3.74. The van der Waals surface area contributed by atoms with Crippen LogP contribution in [0, 0.1) is 0 Å². The van der Waals surface area contributed by atoms with Crippen molar-refractivity contribution in [2.45, 2.75) is 32.2 Å². The second-order valence-corrected chi connectivity index (χ2v) is 6.56. The van der Waals surface area contributed by atoms with Crippen molar-refractivity contribution in [1.82, 2.24) is 0 Å². The lowest BCUT2D eigenvalue weighted by molar-refractivity contribution is -0.117. The van der Waals surface area contributed by atoms with Crippen LogP contribution in [0.5, 0.6) is 0 Å². The van der Waals surface area contributed by atoms with Crippen molar-refractivity contribution < 1.29 is 9.59 Å². The van der Waals surface area contributed by atoms with Crippen molar-refractivity contribution in [3.8, 4) is 0 Å². The van der Waals surface area contributed by atoms with Crippen LogP contribution in [-0.2, 0) is 11.2 Å².